The van der Waals surface area contributed by atoms with Gasteiger partial charge in [-0.2, -0.15) is 0 Å². The van der Waals surface area contributed by atoms with Gasteiger partial charge in [0.15, 0.2) is 0 Å². The Bertz CT molecular complexity index is 157. The minimum atomic E-state index is -1.20. The molecule has 64 valence electrons. The van der Waals surface area contributed by atoms with Crippen molar-refractivity contribution in [3.8, 4) is 0 Å². The highest BCUT2D eigenvalue weighted by Gasteiger charge is 2.15. The number of rotatable bonds is 5. The summed E-state index contributed by atoms with van der Waals surface area (Å²) < 4.78 is 0. The molecule has 11 heavy (non-hydrogen) atoms. The van der Waals surface area contributed by atoms with Gasteiger partial charge in [-0.25, -0.2) is 0 Å². The van der Waals surface area contributed by atoms with Crippen molar-refractivity contribution in [3.63, 3.8) is 0 Å². The van der Waals surface area contributed by atoms with E-state index in [1.807, 2.05) is 0 Å². The number of carboxylic acid groups (broad SMARTS) is 1. The Balaban J connectivity index is 3.66. The Kier molecular flexibility index (Phi) is 4.40. The van der Waals surface area contributed by atoms with Gasteiger partial charge >= 0.3 is 5.97 Å². The van der Waals surface area contributed by atoms with Crippen molar-refractivity contribution in [2.45, 2.75) is 18.9 Å². The Morgan fingerprint density at radius 1 is 1.45 bits per heavy atom. The SMILES string of the molecule is N[C@@H](CC(=O)CCO)C(=O)O. The Hall–Kier alpha value is -0.940. The van der Waals surface area contributed by atoms with E-state index < -0.39 is 12.0 Å². The summed E-state index contributed by atoms with van der Waals surface area (Å²) in [5.74, 6) is -1.53. The highest BCUT2D eigenvalue weighted by molar-refractivity contribution is 5.85. The van der Waals surface area contributed by atoms with Crippen LogP contribution >= 0.6 is 0 Å². The molecule has 0 saturated carbocycles. The molecule has 0 aliphatic rings. The van der Waals surface area contributed by atoms with E-state index in [9.17, 15) is 9.59 Å². The number of carboxylic acids is 1. The molecule has 0 spiro atoms. The smallest absolute Gasteiger partial charge is 0.320 e. The first-order chi connectivity index (χ1) is 5.07. The van der Waals surface area contributed by atoms with Crippen molar-refractivity contribution < 1.29 is 19.8 Å². The predicted molar refractivity (Wildman–Crippen MR) is 36.9 cm³/mol. The standard InChI is InChI=1S/C6H11NO4/c7-5(6(10)11)3-4(9)1-2-8/h5,8H,1-3,7H2,(H,10,11)/t5-/m0/s1. The third kappa shape index (κ3) is 4.46. The Morgan fingerprint density at radius 2 is 2.00 bits per heavy atom. The topological polar surface area (TPSA) is 101 Å². The zero-order valence-corrected chi connectivity index (χ0v) is 5.99. The maximum Gasteiger partial charge on any atom is 0.320 e. The second-order valence-electron chi connectivity index (χ2n) is 2.16. The maximum absolute atomic E-state index is 10.7. The molecular formula is C6H11NO4. The molecule has 5 heteroatoms. The van der Waals surface area contributed by atoms with Crippen LogP contribution in [-0.4, -0.2) is 34.6 Å². The fraction of sp³-hybridized carbons (Fsp3) is 0.667. The molecule has 0 bridgehead atoms. The molecule has 0 radical (unpaired) electrons. The number of carbonyl (C=O) groups is 2. The molecule has 0 fully saturated rings. The summed E-state index contributed by atoms with van der Waals surface area (Å²) in [6.07, 6.45) is -0.239. The number of hydrogen-bond acceptors (Lipinski definition) is 4. The lowest BCUT2D eigenvalue weighted by atomic mass is 10.1. The van der Waals surface area contributed by atoms with Crippen molar-refractivity contribution in [2.75, 3.05) is 6.61 Å². The molecular weight excluding hydrogens is 150 g/mol. The van der Waals surface area contributed by atoms with E-state index in [1.54, 1.807) is 0 Å². The molecule has 5 nitrogen and oxygen atoms in total. The first-order valence-electron chi connectivity index (χ1n) is 3.19. The van der Waals surface area contributed by atoms with Crippen molar-refractivity contribution >= 4 is 11.8 Å². The van der Waals surface area contributed by atoms with Crippen LogP contribution in [0.15, 0.2) is 0 Å². The second-order valence-corrected chi connectivity index (χ2v) is 2.16. The van der Waals surface area contributed by atoms with E-state index in [0.29, 0.717) is 0 Å². The predicted octanol–water partition coefficient (Wildman–Crippen LogP) is -1.26. The molecule has 0 heterocycles. The van der Waals surface area contributed by atoms with Crippen LogP contribution < -0.4 is 5.73 Å². The number of aliphatic carboxylic acids is 1. The zero-order chi connectivity index (χ0) is 8.85. The summed E-state index contributed by atoms with van der Waals surface area (Å²) in [6.45, 7) is -0.259. The summed E-state index contributed by atoms with van der Waals surface area (Å²) in [4.78, 5) is 20.8. The van der Waals surface area contributed by atoms with E-state index in [-0.39, 0.29) is 25.2 Å². The average molecular weight is 161 g/mol. The molecule has 0 aromatic heterocycles. The summed E-state index contributed by atoms with van der Waals surface area (Å²) >= 11 is 0. The minimum absolute atomic E-state index is 0.0268. The van der Waals surface area contributed by atoms with Crippen molar-refractivity contribution in [2.24, 2.45) is 5.73 Å². The van der Waals surface area contributed by atoms with Crippen LogP contribution in [0.2, 0.25) is 0 Å². The van der Waals surface area contributed by atoms with Gasteiger partial charge in [-0.3, -0.25) is 9.59 Å². The third-order valence-electron chi connectivity index (χ3n) is 1.16. The van der Waals surface area contributed by atoms with Crippen molar-refractivity contribution in [1.82, 2.24) is 0 Å². The molecule has 1 atom stereocenters. The lowest BCUT2D eigenvalue weighted by molar-refractivity contribution is -0.140. The number of hydrogen-bond donors (Lipinski definition) is 3. The normalized spacial score (nSPS) is 12.5. The summed E-state index contributed by atoms with van der Waals surface area (Å²) in [6, 6.07) is -1.14. The number of Topliss-reactive ketones (excluding diaryl/α,β-unsaturated/α-hetero) is 1. The largest absolute Gasteiger partial charge is 0.480 e. The summed E-state index contributed by atoms with van der Waals surface area (Å²) in [5, 5.41) is 16.5. The number of aliphatic hydroxyl groups excluding tert-OH is 1. The van der Waals surface area contributed by atoms with Gasteiger partial charge in [0.25, 0.3) is 0 Å². The fourth-order valence-corrected chi connectivity index (χ4v) is 0.559. The van der Waals surface area contributed by atoms with Gasteiger partial charge < -0.3 is 15.9 Å². The summed E-state index contributed by atoms with van der Waals surface area (Å²) in [5.41, 5.74) is 5.05. The van der Waals surface area contributed by atoms with Gasteiger partial charge in [0.05, 0.1) is 0 Å². The lowest BCUT2D eigenvalue weighted by Crippen LogP contribution is -2.32. The van der Waals surface area contributed by atoms with E-state index >= 15 is 0 Å². The number of nitrogens with two attached hydrogens (primary N) is 1. The molecule has 0 aromatic rings. The fourth-order valence-electron chi connectivity index (χ4n) is 0.559. The van der Waals surface area contributed by atoms with E-state index in [4.69, 9.17) is 15.9 Å². The highest BCUT2D eigenvalue weighted by Crippen LogP contribution is 1.93. The van der Waals surface area contributed by atoms with Gasteiger partial charge in [0.1, 0.15) is 11.8 Å². The van der Waals surface area contributed by atoms with Crippen LogP contribution in [0.3, 0.4) is 0 Å². The molecule has 0 aliphatic carbocycles. The van der Waals surface area contributed by atoms with Crippen molar-refractivity contribution in [1.29, 1.82) is 0 Å². The first kappa shape index (κ1) is 10.1. The van der Waals surface area contributed by atoms with Crippen LogP contribution in [0.1, 0.15) is 12.8 Å². The van der Waals surface area contributed by atoms with Crippen molar-refractivity contribution in [3.05, 3.63) is 0 Å². The Morgan fingerprint density at radius 3 is 2.36 bits per heavy atom. The quantitative estimate of drug-likeness (QED) is 0.467. The number of carbonyl (C=O) groups excluding carboxylic acids is 1. The molecule has 0 aliphatic heterocycles. The monoisotopic (exact) mass is 161 g/mol. The van der Waals surface area contributed by atoms with Gasteiger partial charge in [-0.1, -0.05) is 0 Å². The van der Waals surface area contributed by atoms with Crippen LogP contribution in [-0.2, 0) is 9.59 Å². The summed E-state index contributed by atoms with van der Waals surface area (Å²) in [7, 11) is 0. The second kappa shape index (κ2) is 4.81. The molecule has 0 aromatic carbocycles. The molecule has 0 unspecified atom stereocenters. The zero-order valence-electron chi connectivity index (χ0n) is 5.99. The third-order valence-corrected chi connectivity index (χ3v) is 1.16. The molecule has 0 rings (SSSR count). The number of aliphatic hydroxyl groups is 1. The maximum atomic E-state index is 10.7. The van der Waals surface area contributed by atoms with E-state index in [0.717, 1.165) is 0 Å². The molecule has 0 amide bonds. The first-order valence-corrected chi connectivity index (χ1v) is 3.19. The van der Waals surface area contributed by atoms with Gasteiger partial charge in [-0.15, -0.1) is 0 Å². The van der Waals surface area contributed by atoms with Gasteiger partial charge in [0.2, 0.25) is 0 Å². The molecule has 0 saturated heterocycles. The van der Waals surface area contributed by atoms with Gasteiger partial charge in [-0.05, 0) is 0 Å². The van der Waals surface area contributed by atoms with E-state index in [2.05, 4.69) is 0 Å². The lowest BCUT2D eigenvalue weighted by Gasteiger charge is -2.02. The van der Waals surface area contributed by atoms with Crippen LogP contribution in [0.25, 0.3) is 0 Å². The van der Waals surface area contributed by atoms with E-state index in [1.165, 1.54) is 0 Å². The molecule has 4 N–H and O–H groups in total. The van der Waals surface area contributed by atoms with Crippen LogP contribution in [0.4, 0.5) is 0 Å². The number of ketones is 1. The average Bonchev–Trinajstić information content (AvgIpc) is 1.87. The van der Waals surface area contributed by atoms with Gasteiger partial charge in [0, 0.05) is 19.4 Å². The van der Waals surface area contributed by atoms with Crippen LogP contribution in [0.5, 0.6) is 0 Å². The minimum Gasteiger partial charge on any atom is -0.480 e. The highest BCUT2D eigenvalue weighted by atomic mass is 16.4. The van der Waals surface area contributed by atoms with Crippen LogP contribution in [0, 0.1) is 0 Å². The Labute approximate surface area is 63.8 Å².